The lowest BCUT2D eigenvalue weighted by Gasteiger charge is -1.99. The van der Waals surface area contributed by atoms with Gasteiger partial charge in [-0.2, -0.15) is 0 Å². The highest BCUT2D eigenvalue weighted by molar-refractivity contribution is 5.75. The summed E-state index contributed by atoms with van der Waals surface area (Å²) in [6, 6.07) is 7.46. The lowest BCUT2D eigenvalue weighted by molar-refractivity contribution is -0.138. The van der Waals surface area contributed by atoms with Crippen LogP contribution < -0.4 is 5.73 Å². The molecule has 1 saturated carbocycles. The normalized spacial score (nSPS) is 25.5. The van der Waals surface area contributed by atoms with Gasteiger partial charge in [0.2, 0.25) is 0 Å². The average molecular weight is 177 g/mol. The maximum Gasteiger partial charge on any atom is 0.307 e. The van der Waals surface area contributed by atoms with Crippen molar-refractivity contribution < 1.29 is 9.90 Å². The third kappa shape index (κ3) is 1.49. The average Bonchev–Trinajstić information content (AvgIpc) is 2.82. The van der Waals surface area contributed by atoms with Crippen LogP contribution in [0.1, 0.15) is 17.9 Å². The Balaban J connectivity index is 2.16. The van der Waals surface area contributed by atoms with Crippen LogP contribution in [0, 0.1) is 5.92 Å². The first-order valence-electron chi connectivity index (χ1n) is 4.26. The van der Waals surface area contributed by atoms with Crippen LogP contribution >= 0.6 is 0 Å². The molecule has 0 aromatic heterocycles. The molecule has 13 heavy (non-hydrogen) atoms. The Bertz CT molecular complexity index is 349. The van der Waals surface area contributed by atoms with E-state index >= 15 is 0 Å². The SMILES string of the molecule is Nc1cccc(C2CC2C(=O)O)c1. The van der Waals surface area contributed by atoms with Crippen LogP contribution in [0.3, 0.4) is 0 Å². The molecule has 2 rings (SSSR count). The number of aliphatic carboxylic acids is 1. The highest BCUT2D eigenvalue weighted by Gasteiger charge is 2.44. The first kappa shape index (κ1) is 8.10. The quantitative estimate of drug-likeness (QED) is 0.672. The first-order valence-corrected chi connectivity index (χ1v) is 4.26. The van der Waals surface area contributed by atoms with E-state index in [1.807, 2.05) is 24.3 Å². The number of rotatable bonds is 2. The molecule has 68 valence electrons. The van der Waals surface area contributed by atoms with Gasteiger partial charge in [0, 0.05) is 5.69 Å². The summed E-state index contributed by atoms with van der Waals surface area (Å²) in [5.74, 6) is -0.713. The molecule has 3 nitrogen and oxygen atoms in total. The zero-order valence-corrected chi connectivity index (χ0v) is 7.10. The number of carboxylic acids is 1. The predicted octanol–water partition coefficient (Wildman–Crippen LogP) is 1.46. The lowest BCUT2D eigenvalue weighted by atomic mass is 10.1. The predicted molar refractivity (Wildman–Crippen MR) is 49.3 cm³/mol. The molecule has 0 aliphatic heterocycles. The van der Waals surface area contributed by atoms with E-state index in [-0.39, 0.29) is 11.8 Å². The summed E-state index contributed by atoms with van der Waals surface area (Å²) in [6.45, 7) is 0. The summed E-state index contributed by atoms with van der Waals surface area (Å²) in [5.41, 5.74) is 7.35. The zero-order valence-electron chi connectivity index (χ0n) is 7.10. The van der Waals surface area contributed by atoms with Crippen LogP contribution in [0.15, 0.2) is 24.3 Å². The third-order valence-corrected chi connectivity index (χ3v) is 2.45. The van der Waals surface area contributed by atoms with E-state index in [0.717, 1.165) is 12.0 Å². The molecule has 1 aliphatic rings. The molecular formula is C10H11NO2. The second-order valence-electron chi connectivity index (χ2n) is 3.46. The van der Waals surface area contributed by atoms with Crippen molar-refractivity contribution in [2.45, 2.75) is 12.3 Å². The highest BCUT2D eigenvalue weighted by atomic mass is 16.4. The molecule has 1 aromatic rings. The number of nitrogen functional groups attached to an aromatic ring is 1. The minimum atomic E-state index is -0.701. The van der Waals surface area contributed by atoms with E-state index in [9.17, 15) is 4.79 Å². The summed E-state index contributed by atoms with van der Waals surface area (Å²) >= 11 is 0. The fraction of sp³-hybridized carbons (Fsp3) is 0.300. The van der Waals surface area contributed by atoms with Crippen molar-refractivity contribution in [3.05, 3.63) is 29.8 Å². The van der Waals surface area contributed by atoms with E-state index in [2.05, 4.69) is 0 Å². The number of nitrogens with two attached hydrogens (primary N) is 1. The number of hydrogen-bond donors (Lipinski definition) is 2. The molecule has 0 radical (unpaired) electrons. The fourth-order valence-electron chi connectivity index (χ4n) is 1.63. The Hall–Kier alpha value is -1.51. The van der Waals surface area contributed by atoms with Gasteiger partial charge in [-0.1, -0.05) is 12.1 Å². The van der Waals surface area contributed by atoms with Crippen molar-refractivity contribution in [2.75, 3.05) is 5.73 Å². The Labute approximate surface area is 76.2 Å². The Kier molecular flexibility index (Phi) is 1.72. The van der Waals surface area contributed by atoms with Crippen LogP contribution in [0.4, 0.5) is 5.69 Å². The molecular weight excluding hydrogens is 166 g/mol. The molecule has 3 N–H and O–H groups in total. The molecule has 0 bridgehead atoms. The largest absolute Gasteiger partial charge is 0.481 e. The van der Waals surface area contributed by atoms with Gasteiger partial charge in [0.05, 0.1) is 5.92 Å². The van der Waals surface area contributed by atoms with E-state index in [0.29, 0.717) is 5.69 Å². The van der Waals surface area contributed by atoms with E-state index in [4.69, 9.17) is 10.8 Å². The second kappa shape index (κ2) is 2.76. The standard InChI is InChI=1S/C10H11NO2/c11-7-3-1-2-6(4-7)8-5-9(8)10(12)13/h1-4,8-9H,5,11H2,(H,12,13). The van der Waals surface area contributed by atoms with Gasteiger partial charge in [0.15, 0.2) is 0 Å². The van der Waals surface area contributed by atoms with Gasteiger partial charge in [-0.3, -0.25) is 4.79 Å². The zero-order chi connectivity index (χ0) is 9.42. The van der Waals surface area contributed by atoms with Crippen molar-refractivity contribution in [3.8, 4) is 0 Å². The number of hydrogen-bond acceptors (Lipinski definition) is 2. The summed E-state index contributed by atoms with van der Waals surface area (Å²) in [4.78, 5) is 10.6. The Morgan fingerprint density at radius 1 is 1.54 bits per heavy atom. The number of anilines is 1. The van der Waals surface area contributed by atoms with Crippen LogP contribution in [0.2, 0.25) is 0 Å². The monoisotopic (exact) mass is 177 g/mol. The number of carbonyl (C=O) groups is 1. The number of carboxylic acid groups (broad SMARTS) is 1. The molecule has 0 amide bonds. The highest BCUT2D eigenvalue weighted by Crippen LogP contribution is 2.47. The van der Waals surface area contributed by atoms with Crippen molar-refractivity contribution in [2.24, 2.45) is 5.92 Å². The second-order valence-corrected chi connectivity index (χ2v) is 3.46. The summed E-state index contributed by atoms with van der Waals surface area (Å²) in [5, 5.41) is 8.72. The summed E-state index contributed by atoms with van der Waals surface area (Å²) in [6.07, 6.45) is 0.749. The molecule has 1 aliphatic carbocycles. The van der Waals surface area contributed by atoms with Crippen molar-refractivity contribution >= 4 is 11.7 Å². The molecule has 1 fully saturated rings. The third-order valence-electron chi connectivity index (χ3n) is 2.45. The van der Waals surface area contributed by atoms with Crippen LogP contribution in [-0.2, 0) is 4.79 Å². The van der Waals surface area contributed by atoms with Gasteiger partial charge >= 0.3 is 5.97 Å². The van der Waals surface area contributed by atoms with Crippen LogP contribution in [0.25, 0.3) is 0 Å². The summed E-state index contributed by atoms with van der Waals surface area (Å²) < 4.78 is 0. The minimum Gasteiger partial charge on any atom is -0.481 e. The van der Waals surface area contributed by atoms with Crippen molar-refractivity contribution in [3.63, 3.8) is 0 Å². The molecule has 1 aromatic carbocycles. The lowest BCUT2D eigenvalue weighted by Crippen LogP contribution is -1.99. The topological polar surface area (TPSA) is 63.3 Å². The summed E-state index contributed by atoms with van der Waals surface area (Å²) in [7, 11) is 0. The van der Waals surface area contributed by atoms with Gasteiger partial charge in [0.25, 0.3) is 0 Å². The number of benzene rings is 1. The van der Waals surface area contributed by atoms with E-state index < -0.39 is 5.97 Å². The van der Waals surface area contributed by atoms with Gasteiger partial charge in [-0.25, -0.2) is 0 Å². The van der Waals surface area contributed by atoms with Crippen LogP contribution in [-0.4, -0.2) is 11.1 Å². The molecule has 0 saturated heterocycles. The van der Waals surface area contributed by atoms with Gasteiger partial charge in [-0.15, -0.1) is 0 Å². The molecule has 0 heterocycles. The minimum absolute atomic E-state index is 0.181. The van der Waals surface area contributed by atoms with Gasteiger partial charge < -0.3 is 10.8 Å². The molecule has 0 spiro atoms. The Morgan fingerprint density at radius 2 is 2.31 bits per heavy atom. The molecule has 3 heteroatoms. The van der Waals surface area contributed by atoms with Gasteiger partial charge in [0.1, 0.15) is 0 Å². The molecule has 2 atom stereocenters. The van der Waals surface area contributed by atoms with Crippen molar-refractivity contribution in [1.82, 2.24) is 0 Å². The first-order chi connectivity index (χ1) is 6.18. The van der Waals surface area contributed by atoms with Gasteiger partial charge in [-0.05, 0) is 30.0 Å². The maximum absolute atomic E-state index is 10.6. The van der Waals surface area contributed by atoms with Crippen molar-refractivity contribution in [1.29, 1.82) is 0 Å². The van der Waals surface area contributed by atoms with Crippen LogP contribution in [0.5, 0.6) is 0 Å². The molecule has 2 unspecified atom stereocenters. The fourth-order valence-corrected chi connectivity index (χ4v) is 1.63. The van der Waals surface area contributed by atoms with E-state index in [1.54, 1.807) is 0 Å². The smallest absolute Gasteiger partial charge is 0.307 e. The van der Waals surface area contributed by atoms with E-state index in [1.165, 1.54) is 0 Å². The maximum atomic E-state index is 10.6. The Morgan fingerprint density at radius 3 is 2.85 bits per heavy atom.